The van der Waals surface area contributed by atoms with Crippen LogP contribution in [0.2, 0.25) is 0 Å². The first-order chi connectivity index (χ1) is 18.8. The number of anilines is 2. The number of pyridine rings is 1. The number of hydrogen-bond acceptors (Lipinski definition) is 7. The van der Waals surface area contributed by atoms with Gasteiger partial charge in [-0.2, -0.15) is 0 Å². The first-order valence-corrected chi connectivity index (χ1v) is 12.7. The summed E-state index contributed by atoms with van der Waals surface area (Å²) in [6.07, 6.45) is 1.95. The number of carboxylic acid groups (broad SMARTS) is 1. The molecular weight excluding hydrogens is 498 g/mol. The molecule has 4 rings (SSSR count). The average molecular weight is 530 g/mol. The number of carboxylic acids is 1. The summed E-state index contributed by atoms with van der Waals surface area (Å²) >= 11 is 0. The normalized spacial score (nSPS) is 11.7. The fourth-order valence-electron chi connectivity index (χ4n) is 4.21. The number of aryl methyl sites for hydroxylation is 1. The molecule has 2 aromatic carbocycles. The third-order valence-electron chi connectivity index (χ3n) is 6.48. The summed E-state index contributed by atoms with van der Waals surface area (Å²) in [5, 5.41) is 12.9. The van der Waals surface area contributed by atoms with E-state index in [1.807, 2.05) is 17.7 Å². The zero-order valence-corrected chi connectivity index (χ0v) is 22.1. The third kappa shape index (κ3) is 6.23. The first-order valence-electron chi connectivity index (χ1n) is 12.7. The van der Waals surface area contributed by atoms with Gasteiger partial charge in [-0.05, 0) is 67.9 Å². The fraction of sp³-hybridized carbons (Fsp3) is 0.276. The largest absolute Gasteiger partial charge is 0.481 e. The van der Waals surface area contributed by atoms with Crippen LogP contribution in [0.5, 0.6) is 0 Å². The SMILES string of the molecule is CCOC(=O)c1ccc(NCc2nc3cc(C(=O)N(CC(CC)C(=O)O)c4ccccn4)ccc3n2C)cc1. The van der Waals surface area contributed by atoms with Gasteiger partial charge in [-0.15, -0.1) is 0 Å². The highest BCUT2D eigenvalue weighted by Gasteiger charge is 2.26. The van der Waals surface area contributed by atoms with Crippen molar-refractivity contribution in [2.75, 3.05) is 23.4 Å². The van der Waals surface area contributed by atoms with E-state index in [9.17, 15) is 19.5 Å². The first kappa shape index (κ1) is 27.3. The molecular formula is C29H31N5O5. The Kier molecular flexibility index (Phi) is 8.55. The summed E-state index contributed by atoms with van der Waals surface area (Å²) in [5.41, 5.74) is 3.18. The van der Waals surface area contributed by atoms with Crippen LogP contribution in [0.3, 0.4) is 0 Å². The molecule has 0 spiro atoms. The number of aromatic nitrogens is 3. The van der Waals surface area contributed by atoms with Gasteiger partial charge in [0.1, 0.15) is 11.6 Å². The lowest BCUT2D eigenvalue weighted by Crippen LogP contribution is -2.38. The molecule has 39 heavy (non-hydrogen) atoms. The van der Waals surface area contributed by atoms with Crippen molar-refractivity contribution in [2.24, 2.45) is 13.0 Å². The van der Waals surface area contributed by atoms with E-state index < -0.39 is 11.9 Å². The highest BCUT2D eigenvalue weighted by Crippen LogP contribution is 2.22. The molecule has 0 bridgehead atoms. The smallest absolute Gasteiger partial charge is 0.338 e. The molecule has 2 heterocycles. The van der Waals surface area contributed by atoms with E-state index in [1.54, 1.807) is 74.6 Å². The van der Waals surface area contributed by atoms with Gasteiger partial charge in [-0.25, -0.2) is 14.8 Å². The zero-order valence-electron chi connectivity index (χ0n) is 22.1. The zero-order chi connectivity index (χ0) is 27.9. The molecule has 0 radical (unpaired) electrons. The molecule has 2 N–H and O–H groups in total. The number of nitrogens with one attached hydrogen (secondary N) is 1. The molecule has 1 atom stereocenters. The maximum Gasteiger partial charge on any atom is 0.338 e. The van der Waals surface area contributed by atoms with Gasteiger partial charge in [0.25, 0.3) is 5.91 Å². The van der Waals surface area contributed by atoms with Crippen LogP contribution in [0.15, 0.2) is 66.9 Å². The van der Waals surface area contributed by atoms with Crippen LogP contribution in [0.25, 0.3) is 11.0 Å². The Morgan fingerprint density at radius 3 is 2.44 bits per heavy atom. The van der Waals surface area contributed by atoms with Gasteiger partial charge < -0.3 is 19.7 Å². The number of esters is 1. The van der Waals surface area contributed by atoms with Gasteiger partial charge in [-0.1, -0.05) is 13.0 Å². The Hall–Kier alpha value is -4.73. The Labute approximate surface area is 226 Å². The number of fused-ring (bicyclic) bond motifs is 1. The lowest BCUT2D eigenvalue weighted by Gasteiger charge is -2.24. The molecule has 202 valence electrons. The predicted octanol–water partition coefficient (Wildman–Crippen LogP) is 4.51. The number of amides is 1. The standard InChI is InChI=1S/C29H31N5O5/c1-4-19(28(36)37)18-34(25-8-6-7-15-30-25)27(35)21-11-14-24-23(16-21)32-26(33(24)3)17-31-22-12-9-20(10-13-22)29(38)39-5-2/h6-16,19,31H,4-5,17-18H2,1-3H3,(H,36,37). The molecule has 0 aliphatic heterocycles. The highest BCUT2D eigenvalue weighted by molar-refractivity contribution is 6.07. The quantitative estimate of drug-likeness (QED) is 0.272. The molecule has 1 amide bonds. The van der Waals surface area contributed by atoms with Crippen molar-refractivity contribution in [3.8, 4) is 0 Å². The van der Waals surface area contributed by atoms with Crippen LogP contribution in [-0.4, -0.2) is 50.6 Å². The monoisotopic (exact) mass is 529 g/mol. The van der Waals surface area contributed by atoms with Gasteiger partial charge in [0.2, 0.25) is 0 Å². The number of imidazole rings is 1. The van der Waals surface area contributed by atoms with E-state index in [0.29, 0.717) is 42.0 Å². The minimum Gasteiger partial charge on any atom is -0.481 e. The Bertz CT molecular complexity index is 1470. The molecule has 0 aliphatic carbocycles. The fourth-order valence-corrected chi connectivity index (χ4v) is 4.21. The Morgan fingerprint density at radius 2 is 1.79 bits per heavy atom. The van der Waals surface area contributed by atoms with Crippen molar-refractivity contribution < 1.29 is 24.2 Å². The van der Waals surface area contributed by atoms with E-state index in [2.05, 4.69) is 10.3 Å². The van der Waals surface area contributed by atoms with E-state index in [4.69, 9.17) is 9.72 Å². The lowest BCUT2D eigenvalue weighted by atomic mass is 10.1. The number of carbonyl (C=O) groups excluding carboxylic acids is 2. The Balaban J connectivity index is 1.55. The van der Waals surface area contributed by atoms with Crippen molar-refractivity contribution in [2.45, 2.75) is 26.8 Å². The average Bonchev–Trinajstić information content (AvgIpc) is 3.27. The van der Waals surface area contributed by atoms with E-state index in [-0.39, 0.29) is 18.4 Å². The van der Waals surface area contributed by atoms with Gasteiger partial charge in [-0.3, -0.25) is 14.5 Å². The van der Waals surface area contributed by atoms with Gasteiger partial charge in [0.15, 0.2) is 0 Å². The van der Waals surface area contributed by atoms with Crippen LogP contribution in [-0.2, 0) is 23.1 Å². The van der Waals surface area contributed by atoms with Crippen molar-refractivity contribution in [1.82, 2.24) is 14.5 Å². The number of nitrogens with zero attached hydrogens (tertiary/aromatic N) is 4. The number of ether oxygens (including phenoxy) is 1. The van der Waals surface area contributed by atoms with Crippen LogP contribution < -0.4 is 10.2 Å². The molecule has 10 nitrogen and oxygen atoms in total. The number of carbonyl (C=O) groups is 3. The number of hydrogen-bond donors (Lipinski definition) is 2. The molecule has 0 saturated heterocycles. The Morgan fingerprint density at radius 1 is 1.05 bits per heavy atom. The van der Waals surface area contributed by atoms with Gasteiger partial charge in [0.05, 0.1) is 35.7 Å². The molecule has 1 unspecified atom stereocenters. The molecule has 10 heteroatoms. The molecule has 0 fully saturated rings. The second-order valence-electron chi connectivity index (χ2n) is 8.99. The van der Waals surface area contributed by atoms with Gasteiger partial charge >= 0.3 is 11.9 Å². The summed E-state index contributed by atoms with van der Waals surface area (Å²) in [7, 11) is 1.90. The molecule has 0 saturated carbocycles. The number of rotatable bonds is 11. The molecule has 4 aromatic rings. The molecule has 0 aliphatic rings. The molecule has 2 aromatic heterocycles. The minimum absolute atomic E-state index is 0.00601. The van der Waals surface area contributed by atoms with Crippen molar-refractivity contribution in [1.29, 1.82) is 0 Å². The lowest BCUT2D eigenvalue weighted by molar-refractivity contribution is -0.141. The number of aliphatic carboxylic acids is 1. The summed E-state index contributed by atoms with van der Waals surface area (Å²) in [4.78, 5) is 47.6. The van der Waals surface area contributed by atoms with Crippen LogP contribution in [0.4, 0.5) is 11.5 Å². The third-order valence-corrected chi connectivity index (χ3v) is 6.48. The predicted molar refractivity (Wildman–Crippen MR) is 148 cm³/mol. The second-order valence-corrected chi connectivity index (χ2v) is 8.99. The van der Waals surface area contributed by atoms with Crippen LogP contribution in [0, 0.1) is 5.92 Å². The summed E-state index contributed by atoms with van der Waals surface area (Å²) in [5.74, 6) is -1.25. The second kappa shape index (κ2) is 12.2. The summed E-state index contributed by atoms with van der Waals surface area (Å²) in [6.45, 7) is 4.29. The van der Waals surface area contributed by atoms with E-state index in [0.717, 1.165) is 17.0 Å². The van der Waals surface area contributed by atoms with Crippen molar-refractivity contribution in [3.05, 3.63) is 83.8 Å². The maximum atomic E-state index is 13.6. The van der Waals surface area contributed by atoms with E-state index in [1.165, 1.54) is 4.90 Å². The van der Waals surface area contributed by atoms with Crippen molar-refractivity contribution >= 4 is 40.4 Å². The summed E-state index contributed by atoms with van der Waals surface area (Å²) < 4.78 is 6.96. The van der Waals surface area contributed by atoms with Crippen LogP contribution in [0.1, 0.15) is 46.8 Å². The highest BCUT2D eigenvalue weighted by atomic mass is 16.5. The van der Waals surface area contributed by atoms with Gasteiger partial charge in [0, 0.05) is 31.0 Å². The topological polar surface area (TPSA) is 127 Å². The minimum atomic E-state index is -0.959. The maximum absolute atomic E-state index is 13.6. The van der Waals surface area contributed by atoms with Crippen LogP contribution >= 0.6 is 0 Å². The van der Waals surface area contributed by atoms with E-state index >= 15 is 0 Å². The van der Waals surface area contributed by atoms with Crippen molar-refractivity contribution in [3.63, 3.8) is 0 Å². The number of benzene rings is 2. The summed E-state index contributed by atoms with van der Waals surface area (Å²) in [6, 6.07) is 17.5.